The Bertz CT molecular complexity index is 390. The third-order valence-electron chi connectivity index (χ3n) is 3.26. The predicted molar refractivity (Wildman–Crippen MR) is 75.4 cm³/mol. The fourth-order valence-electron chi connectivity index (χ4n) is 2.08. The molecule has 106 valence electrons. The van der Waals surface area contributed by atoms with Crippen LogP contribution in [-0.4, -0.2) is 53.3 Å². The van der Waals surface area contributed by atoms with Crippen LogP contribution in [0.5, 0.6) is 0 Å². The zero-order valence-electron chi connectivity index (χ0n) is 11.9. The first-order valence-electron chi connectivity index (χ1n) is 6.62. The lowest BCUT2D eigenvalue weighted by atomic mass is 10.2. The Hall–Kier alpha value is -1.62. The Morgan fingerprint density at radius 2 is 2.16 bits per heavy atom. The third kappa shape index (κ3) is 4.21. The van der Waals surface area contributed by atoms with Gasteiger partial charge in [-0.2, -0.15) is 0 Å². The second-order valence-corrected chi connectivity index (χ2v) is 4.71. The molecule has 0 saturated carbocycles. The zero-order chi connectivity index (χ0) is 14.4. The molecular formula is C14H23N3O2. The van der Waals surface area contributed by atoms with Gasteiger partial charge in [-0.15, -0.1) is 0 Å². The highest BCUT2D eigenvalue weighted by atomic mass is 16.2. The summed E-state index contributed by atoms with van der Waals surface area (Å²) in [5.74, 6) is -0.195. The molecule has 0 aromatic carbocycles. The molecule has 19 heavy (non-hydrogen) atoms. The van der Waals surface area contributed by atoms with Crippen molar-refractivity contribution < 1.29 is 9.59 Å². The third-order valence-corrected chi connectivity index (χ3v) is 3.26. The van der Waals surface area contributed by atoms with Gasteiger partial charge in [0.25, 0.3) is 0 Å². The van der Waals surface area contributed by atoms with E-state index < -0.39 is 6.04 Å². The predicted octanol–water partition coefficient (Wildman–Crippen LogP) is 0.525. The van der Waals surface area contributed by atoms with E-state index in [2.05, 4.69) is 0 Å². The molecule has 2 N–H and O–H groups in total. The van der Waals surface area contributed by atoms with Crippen LogP contribution in [0.25, 0.3) is 0 Å². The van der Waals surface area contributed by atoms with E-state index in [9.17, 15) is 9.59 Å². The summed E-state index contributed by atoms with van der Waals surface area (Å²) in [5, 5.41) is 0. The Balaban J connectivity index is 2.97. The van der Waals surface area contributed by atoms with E-state index in [-0.39, 0.29) is 24.4 Å². The van der Waals surface area contributed by atoms with Crippen molar-refractivity contribution in [1.82, 2.24) is 9.80 Å². The summed E-state index contributed by atoms with van der Waals surface area (Å²) in [5.41, 5.74) is 5.94. The first-order chi connectivity index (χ1) is 8.97. The fourth-order valence-corrected chi connectivity index (χ4v) is 2.08. The molecule has 1 rings (SSSR count). The molecule has 0 aliphatic carbocycles. The standard InChI is InChI=1S/C14H23N3O2/c1-4-16-9-7-5-6-8-11(2)17(12(3)18)10-13(15)14(16)19/h5-8,11,13H,4,9-10,15H2,1-3H3/b7-5-,8-6-/t11?,13-/m0/s1. The highest BCUT2D eigenvalue weighted by molar-refractivity contribution is 5.83. The normalized spacial score (nSPS) is 28.7. The molecule has 1 unspecified atom stereocenters. The first-order valence-corrected chi connectivity index (χ1v) is 6.62. The number of carbonyl (C=O) groups is 2. The van der Waals surface area contributed by atoms with Gasteiger partial charge in [0.2, 0.25) is 11.8 Å². The Labute approximate surface area is 114 Å². The molecule has 0 saturated heterocycles. The van der Waals surface area contributed by atoms with Gasteiger partial charge in [0, 0.05) is 32.6 Å². The molecule has 1 heterocycles. The molecule has 0 bridgehead atoms. The van der Waals surface area contributed by atoms with E-state index in [4.69, 9.17) is 5.73 Å². The minimum atomic E-state index is -0.675. The number of amides is 2. The van der Waals surface area contributed by atoms with Crippen LogP contribution in [0.4, 0.5) is 0 Å². The van der Waals surface area contributed by atoms with E-state index >= 15 is 0 Å². The van der Waals surface area contributed by atoms with Gasteiger partial charge in [0.05, 0.1) is 0 Å². The molecule has 0 aromatic heterocycles. The van der Waals surface area contributed by atoms with Crippen LogP contribution in [0.15, 0.2) is 24.3 Å². The molecular weight excluding hydrogens is 242 g/mol. The van der Waals surface area contributed by atoms with Crippen molar-refractivity contribution in [3.63, 3.8) is 0 Å². The highest BCUT2D eigenvalue weighted by Crippen LogP contribution is 2.06. The SMILES string of the molecule is CCN1C/C=C\C=C/C(C)N(C(C)=O)C[C@H](N)C1=O. The number of allylic oxidation sites excluding steroid dienone is 2. The number of rotatable bonds is 1. The van der Waals surface area contributed by atoms with E-state index in [1.54, 1.807) is 9.80 Å². The summed E-state index contributed by atoms with van der Waals surface area (Å²) in [6.45, 7) is 6.72. The molecule has 5 heteroatoms. The second-order valence-electron chi connectivity index (χ2n) is 4.71. The summed E-state index contributed by atoms with van der Waals surface area (Å²) >= 11 is 0. The van der Waals surface area contributed by atoms with Crippen LogP contribution in [0, 0.1) is 0 Å². The van der Waals surface area contributed by atoms with Crippen LogP contribution in [0.2, 0.25) is 0 Å². The van der Waals surface area contributed by atoms with Gasteiger partial charge in [-0.05, 0) is 13.8 Å². The first kappa shape index (κ1) is 15.4. The van der Waals surface area contributed by atoms with Gasteiger partial charge in [0.15, 0.2) is 0 Å². The number of likely N-dealkylation sites (N-methyl/N-ethyl adjacent to an activating group) is 1. The van der Waals surface area contributed by atoms with Crippen LogP contribution >= 0.6 is 0 Å². The van der Waals surface area contributed by atoms with E-state index in [0.717, 1.165) is 0 Å². The number of nitrogens with two attached hydrogens (primary N) is 1. The molecule has 5 nitrogen and oxygen atoms in total. The van der Waals surface area contributed by atoms with Crippen LogP contribution in [0.3, 0.4) is 0 Å². The Morgan fingerprint density at radius 1 is 1.47 bits per heavy atom. The number of hydrogen-bond acceptors (Lipinski definition) is 3. The monoisotopic (exact) mass is 265 g/mol. The number of carbonyl (C=O) groups excluding carboxylic acids is 2. The molecule has 1 aliphatic heterocycles. The largest absolute Gasteiger partial charge is 0.338 e. The summed E-state index contributed by atoms with van der Waals surface area (Å²) in [7, 11) is 0. The van der Waals surface area contributed by atoms with Crippen LogP contribution in [0.1, 0.15) is 20.8 Å². The highest BCUT2D eigenvalue weighted by Gasteiger charge is 2.25. The van der Waals surface area contributed by atoms with Crippen molar-refractivity contribution in [2.45, 2.75) is 32.9 Å². The number of nitrogens with zero attached hydrogens (tertiary/aromatic N) is 2. The summed E-state index contributed by atoms with van der Waals surface area (Å²) < 4.78 is 0. The van der Waals surface area contributed by atoms with E-state index in [1.165, 1.54) is 6.92 Å². The maximum atomic E-state index is 12.2. The quantitative estimate of drug-likeness (QED) is 0.752. The topological polar surface area (TPSA) is 66.6 Å². The van der Waals surface area contributed by atoms with Gasteiger partial charge >= 0.3 is 0 Å². The van der Waals surface area contributed by atoms with E-state index in [0.29, 0.717) is 13.1 Å². The molecule has 0 radical (unpaired) electrons. The smallest absolute Gasteiger partial charge is 0.241 e. The Kier molecular flexibility index (Phi) is 5.76. The summed E-state index contributed by atoms with van der Waals surface area (Å²) in [6.07, 6.45) is 7.63. The van der Waals surface area contributed by atoms with Crippen molar-refractivity contribution >= 4 is 11.8 Å². The fraction of sp³-hybridized carbons (Fsp3) is 0.571. The molecule has 0 fully saturated rings. The second kappa shape index (κ2) is 7.09. The van der Waals surface area contributed by atoms with Gasteiger partial charge in [-0.3, -0.25) is 9.59 Å². The van der Waals surface area contributed by atoms with Crippen molar-refractivity contribution in [1.29, 1.82) is 0 Å². The molecule has 0 spiro atoms. The average Bonchev–Trinajstić information content (AvgIpc) is 2.39. The lowest BCUT2D eigenvalue weighted by Crippen LogP contribution is -2.52. The minimum absolute atomic E-state index is 0.0748. The van der Waals surface area contributed by atoms with Crippen molar-refractivity contribution in [3.8, 4) is 0 Å². The lowest BCUT2D eigenvalue weighted by molar-refractivity contribution is -0.135. The molecule has 1 aliphatic rings. The average molecular weight is 265 g/mol. The van der Waals surface area contributed by atoms with Crippen molar-refractivity contribution in [2.24, 2.45) is 5.73 Å². The van der Waals surface area contributed by atoms with Crippen molar-refractivity contribution in [3.05, 3.63) is 24.3 Å². The summed E-state index contributed by atoms with van der Waals surface area (Å²) in [4.78, 5) is 27.1. The maximum absolute atomic E-state index is 12.2. The molecule has 2 amide bonds. The maximum Gasteiger partial charge on any atom is 0.241 e. The van der Waals surface area contributed by atoms with Gasteiger partial charge < -0.3 is 15.5 Å². The number of hydrogen-bond donors (Lipinski definition) is 1. The van der Waals surface area contributed by atoms with Crippen LogP contribution in [-0.2, 0) is 9.59 Å². The zero-order valence-corrected chi connectivity index (χ0v) is 11.9. The minimum Gasteiger partial charge on any atom is -0.338 e. The molecule has 2 atom stereocenters. The summed E-state index contributed by atoms with van der Waals surface area (Å²) in [6, 6.07) is -0.750. The van der Waals surface area contributed by atoms with Crippen molar-refractivity contribution in [2.75, 3.05) is 19.6 Å². The van der Waals surface area contributed by atoms with Gasteiger partial charge in [-0.25, -0.2) is 0 Å². The van der Waals surface area contributed by atoms with E-state index in [1.807, 2.05) is 38.2 Å². The van der Waals surface area contributed by atoms with Gasteiger partial charge in [0.1, 0.15) is 6.04 Å². The van der Waals surface area contributed by atoms with Gasteiger partial charge in [-0.1, -0.05) is 24.3 Å². The lowest BCUT2D eigenvalue weighted by Gasteiger charge is -2.30. The Morgan fingerprint density at radius 3 is 2.74 bits per heavy atom. The molecule has 0 aromatic rings. The van der Waals surface area contributed by atoms with Crippen LogP contribution < -0.4 is 5.73 Å².